The molecule has 1 aliphatic heterocycles. The number of carbonyl (C=O) groups excluding carboxylic acids is 1. The Balaban J connectivity index is 1.39. The number of carbonyl (C=O) groups is 1. The van der Waals surface area contributed by atoms with Gasteiger partial charge in [0.25, 0.3) is 5.91 Å². The number of fused-ring (bicyclic) bond motifs is 2. The molecule has 0 spiro atoms. The van der Waals surface area contributed by atoms with Gasteiger partial charge in [-0.1, -0.05) is 29.4 Å². The molecule has 2 aromatic carbocycles. The predicted molar refractivity (Wildman–Crippen MR) is 122 cm³/mol. The van der Waals surface area contributed by atoms with Gasteiger partial charge in [0.15, 0.2) is 5.13 Å². The molecule has 9 heteroatoms. The lowest BCUT2D eigenvalue weighted by molar-refractivity contribution is 0.0750. The van der Waals surface area contributed by atoms with Gasteiger partial charge in [-0.25, -0.2) is 15.0 Å². The maximum Gasteiger partial charge on any atom is 0.265 e. The third-order valence-electron chi connectivity index (χ3n) is 5.33. The molecule has 5 rings (SSSR count). The number of aromatic nitrogens is 3. The van der Waals surface area contributed by atoms with Gasteiger partial charge < -0.3 is 9.88 Å². The summed E-state index contributed by atoms with van der Waals surface area (Å²) in [5, 5.41) is 6.73. The Kier molecular flexibility index (Phi) is 5.06. The zero-order valence-electron chi connectivity index (χ0n) is 16.5. The molecule has 2 aromatic heterocycles. The molecule has 7 nitrogen and oxygen atoms in total. The molecule has 154 valence electrons. The Morgan fingerprint density at radius 3 is 2.73 bits per heavy atom. The minimum atomic E-state index is -0.0954. The Bertz CT molecular complexity index is 1240. The number of rotatable bonds is 4. The number of nitrogens with one attached hydrogen (secondary N) is 2. The summed E-state index contributed by atoms with van der Waals surface area (Å²) in [7, 11) is 1.94. The first-order valence-corrected chi connectivity index (χ1v) is 11.1. The Hall–Kier alpha value is -2.68. The first-order valence-electron chi connectivity index (χ1n) is 9.92. The van der Waals surface area contributed by atoms with Crippen molar-refractivity contribution in [3.63, 3.8) is 0 Å². The van der Waals surface area contributed by atoms with Gasteiger partial charge in [0, 0.05) is 30.7 Å². The van der Waals surface area contributed by atoms with Gasteiger partial charge in [0.05, 0.1) is 21.3 Å². The number of nitrogens with zero attached hydrogens (tertiary/aromatic N) is 4. The highest BCUT2D eigenvalue weighted by Gasteiger charge is 2.16. The van der Waals surface area contributed by atoms with Crippen LogP contribution in [0.15, 0.2) is 36.4 Å². The third-order valence-corrected chi connectivity index (χ3v) is 6.50. The smallest absolute Gasteiger partial charge is 0.265 e. The lowest BCUT2D eigenvalue weighted by Crippen LogP contribution is -2.45. The van der Waals surface area contributed by atoms with Crippen LogP contribution in [0.4, 0.5) is 11.1 Å². The average molecular weight is 441 g/mol. The lowest BCUT2D eigenvalue weighted by atomic mass is 10.1. The van der Waals surface area contributed by atoms with Gasteiger partial charge in [0.2, 0.25) is 5.95 Å². The van der Waals surface area contributed by atoms with Crippen molar-refractivity contribution < 1.29 is 4.79 Å². The van der Waals surface area contributed by atoms with Crippen molar-refractivity contribution in [3.8, 4) is 0 Å². The zero-order valence-corrected chi connectivity index (χ0v) is 18.1. The first kappa shape index (κ1) is 19.3. The largest absolute Gasteiger partial charge is 0.313 e. The van der Waals surface area contributed by atoms with Crippen LogP contribution in [0.5, 0.6) is 0 Å². The van der Waals surface area contributed by atoms with E-state index >= 15 is 0 Å². The number of aryl methyl sites for hydroxylation is 1. The number of amides is 1. The van der Waals surface area contributed by atoms with E-state index < -0.39 is 0 Å². The summed E-state index contributed by atoms with van der Waals surface area (Å²) in [6.07, 6.45) is 3.46. The minimum absolute atomic E-state index is 0.0954. The van der Waals surface area contributed by atoms with Gasteiger partial charge in [0.1, 0.15) is 0 Å². The van der Waals surface area contributed by atoms with Crippen LogP contribution in [-0.2, 0) is 7.05 Å². The monoisotopic (exact) mass is 440 g/mol. The number of piperidine rings is 1. The Labute approximate surface area is 182 Å². The van der Waals surface area contributed by atoms with Gasteiger partial charge in [-0.15, -0.1) is 0 Å². The Morgan fingerprint density at radius 1 is 1.07 bits per heavy atom. The summed E-state index contributed by atoms with van der Waals surface area (Å²) < 4.78 is 2.97. The van der Waals surface area contributed by atoms with Crippen molar-refractivity contribution in [1.29, 1.82) is 0 Å². The molecular weight excluding hydrogens is 420 g/mol. The summed E-state index contributed by atoms with van der Waals surface area (Å²) in [4.78, 5) is 21.9. The van der Waals surface area contributed by atoms with E-state index in [2.05, 4.69) is 20.7 Å². The molecule has 0 radical (unpaired) electrons. The lowest BCUT2D eigenvalue weighted by Gasteiger charge is -2.26. The van der Waals surface area contributed by atoms with E-state index in [0.717, 1.165) is 52.3 Å². The van der Waals surface area contributed by atoms with Gasteiger partial charge in [-0.05, 0) is 49.2 Å². The van der Waals surface area contributed by atoms with Crippen molar-refractivity contribution in [2.45, 2.75) is 19.3 Å². The number of halogens is 1. The fourth-order valence-electron chi connectivity index (χ4n) is 3.71. The van der Waals surface area contributed by atoms with E-state index in [1.807, 2.05) is 53.0 Å². The fourth-order valence-corrected chi connectivity index (χ4v) is 4.85. The van der Waals surface area contributed by atoms with Crippen molar-refractivity contribution in [2.24, 2.45) is 7.05 Å². The van der Waals surface area contributed by atoms with Gasteiger partial charge in [-0.2, -0.15) is 0 Å². The van der Waals surface area contributed by atoms with Crippen molar-refractivity contribution in [3.05, 3.63) is 47.0 Å². The molecule has 1 fully saturated rings. The van der Waals surface area contributed by atoms with E-state index in [1.54, 1.807) is 0 Å². The molecule has 0 atom stereocenters. The number of benzene rings is 2. The second-order valence-corrected chi connectivity index (χ2v) is 8.91. The second-order valence-electron chi connectivity index (χ2n) is 7.44. The summed E-state index contributed by atoms with van der Waals surface area (Å²) in [6.45, 7) is 1.80. The molecule has 1 amide bonds. The van der Waals surface area contributed by atoms with Crippen LogP contribution < -0.4 is 10.7 Å². The molecule has 1 aliphatic rings. The molecule has 0 saturated carbocycles. The number of hydrazine groups is 1. The molecule has 0 unspecified atom stereocenters. The molecule has 0 bridgehead atoms. The highest BCUT2D eigenvalue weighted by molar-refractivity contribution is 7.22. The van der Waals surface area contributed by atoms with Crippen molar-refractivity contribution >= 4 is 61.2 Å². The quantitative estimate of drug-likeness (QED) is 0.480. The van der Waals surface area contributed by atoms with Crippen LogP contribution in [0.1, 0.15) is 29.6 Å². The van der Waals surface area contributed by atoms with Crippen LogP contribution in [0.3, 0.4) is 0 Å². The van der Waals surface area contributed by atoms with E-state index in [9.17, 15) is 4.79 Å². The van der Waals surface area contributed by atoms with E-state index in [1.165, 1.54) is 17.8 Å². The highest BCUT2D eigenvalue weighted by atomic mass is 35.5. The van der Waals surface area contributed by atoms with Crippen LogP contribution >= 0.6 is 22.9 Å². The molecule has 4 aromatic rings. The average Bonchev–Trinajstić information content (AvgIpc) is 3.28. The maximum atomic E-state index is 12.6. The molecule has 3 heterocycles. The van der Waals surface area contributed by atoms with Gasteiger partial charge >= 0.3 is 0 Å². The number of anilines is 2. The predicted octanol–water partition coefficient (Wildman–Crippen LogP) is 4.71. The first-order chi connectivity index (χ1) is 14.6. The minimum Gasteiger partial charge on any atom is -0.313 e. The van der Waals surface area contributed by atoms with Crippen LogP contribution in [0, 0.1) is 0 Å². The Morgan fingerprint density at radius 2 is 1.90 bits per heavy atom. The van der Waals surface area contributed by atoms with E-state index in [-0.39, 0.29) is 5.91 Å². The number of imidazole rings is 1. The molecular formula is C21H21ClN6OS. The van der Waals surface area contributed by atoms with Crippen LogP contribution in [0.2, 0.25) is 5.02 Å². The van der Waals surface area contributed by atoms with Gasteiger partial charge in [-0.3, -0.25) is 10.2 Å². The van der Waals surface area contributed by atoms with E-state index in [0.29, 0.717) is 16.5 Å². The topological polar surface area (TPSA) is 75.1 Å². The molecule has 30 heavy (non-hydrogen) atoms. The summed E-state index contributed by atoms with van der Waals surface area (Å²) >= 11 is 7.60. The SMILES string of the molecule is Cn1c(Nc2nc3ccc(Cl)cc3s2)nc2cc(C(=O)NN3CCCCC3)ccc21. The molecule has 0 aliphatic carbocycles. The standard InChI is InChI=1S/C21H21ClN6OS/c1-27-17-8-5-13(19(29)26-28-9-3-2-4-10-28)11-16(17)23-20(27)25-21-24-15-7-6-14(22)12-18(15)30-21/h5-8,11-12H,2-4,9-10H2,1H3,(H,26,29)(H,23,24,25). The summed E-state index contributed by atoms with van der Waals surface area (Å²) in [5.74, 6) is 0.575. The maximum absolute atomic E-state index is 12.6. The van der Waals surface area contributed by atoms with Crippen LogP contribution in [-0.4, -0.2) is 38.5 Å². The number of thiazole rings is 1. The highest BCUT2D eigenvalue weighted by Crippen LogP contribution is 2.31. The second kappa shape index (κ2) is 7.86. The van der Waals surface area contributed by atoms with Crippen molar-refractivity contribution in [1.82, 2.24) is 25.0 Å². The van der Waals surface area contributed by atoms with Crippen LogP contribution in [0.25, 0.3) is 21.3 Å². The molecule has 2 N–H and O–H groups in total. The molecule has 1 saturated heterocycles. The fraction of sp³-hybridized carbons (Fsp3) is 0.286. The number of hydrogen-bond acceptors (Lipinski definition) is 6. The normalized spacial score (nSPS) is 15.0. The third kappa shape index (κ3) is 3.74. The zero-order chi connectivity index (χ0) is 20.7. The number of hydrogen-bond donors (Lipinski definition) is 2. The summed E-state index contributed by atoms with van der Waals surface area (Å²) in [5.41, 5.74) is 6.20. The summed E-state index contributed by atoms with van der Waals surface area (Å²) in [6, 6.07) is 11.2. The van der Waals surface area contributed by atoms with E-state index in [4.69, 9.17) is 11.6 Å². The van der Waals surface area contributed by atoms with Crippen molar-refractivity contribution in [2.75, 3.05) is 18.4 Å².